The summed E-state index contributed by atoms with van der Waals surface area (Å²) in [5.41, 5.74) is 7.96. The minimum Gasteiger partial charge on any atom is -0.323 e. The molecule has 0 spiro atoms. The van der Waals surface area contributed by atoms with Crippen molar-refractivity contribution in [3.63, 3.8) is 0 Å². The first kappa shape index (κ1) is 13.0. The van der Waals surface area contributed by atoms with Gasteiger partial charge < -0.3 is 15.5 Å². The summed E-state index contributed by atoms with van der Waals surface area (Å²) >= 11 is 0. The molecule has 0 aliphatic heterocycles. The van der Waals surface area contributed by atoms with E-state index >= 15 is 0 Å². The van der Waals surface area contributed by atoms with Crippen LogP contribution in [0.1, 0.15) is 11.3 Å². The van der Waals surface area contributed by atoms with Crippen molar-refractivity contribution in [1.29, 1.82) is 0 Å². The van der Waals surface area contributed by atoms with Gasteiger partial charge in [0.2, 0.25) is 0 Å². The molecule has 2 aromatic carbocycles. The van der Waals surface area contributed by atoms with Gasteiger partial charge in [0.1, 0.15) is 5.78 Å². The minimum atomic E-state index is -4.29. The van der Waals surface area contributed by atoms with Crippen LogP contribution in [0, 0.1) is 0 Å². The predicted octanol–water partition coefficient (Wildman–Crippen LogP) is 2.49. The van der Waals surface area contributed by atoms with Crippen LogP contribution in [0.25, 0.3) is 11.1 Å². The highest BCUT2D eigenvalue weighted by molar-refractivity contribution is 7.52. The van der Waals surface area contributed by atoms with Crippen molar-refractivity contribution in [2.24, 2.45) is 5.73 Å². The van der Waals surface area contributed by atoms with Gasteiger partial charge in [-0.25, -0.2) is 0 Å². The Bertz CT molecular complexity index is 563. The third kappa shape index (κ3) is 2.86. The smallest absolute Gasteiger partial charge is 0.323 e. The van der Waals surface area contributed by atoms with Crippen molar-refractivity contribution < 1.29 is 14.4 Å². The maximum Gasteiger partial charge on any atom is 0.346 e. The first-order chi connectivity index (χ1) is 8.48. The number of benzene rings is 2. The van der Waals surface area contributed by atoms with Gasteiger partial charge in [0.15, 0.2) is 0 Å². The second-order valence-electron chi connectivity index (χ2n) is 4.02. The zero-order valence-corrected chi connectivity index (χ0v) is 10.5. The monoisotopic (exact) mass is 263 g/mol. The van der Waals surface area contributed by atoms with E-state index < -0.39 is 13.4 Å². The summed E-state index contributed by atoms with van der Waals surface area (Å²) in [6.07, 6.45) is 0. The molecule has 2 aromatic rings. The van der Waals surface area contributed by atoms with E-state index in [1.165, 1.54) is 0 Å². The van der Waals surface area contributed by atoms with Gasteiger partial charge in [0.25, 0.3) is 0 Å². The molecule has 0 aliphatic carbocycles. The zero-order chi connectivity index (χ0) is 13.2. The lowest BCUT2D eigenvalue weighted by Gasteiger charge is -2.14. The predicted molar refractivity (Wildman–Crippen MR) is 70.9 cm³/mol. The summed E-state index contributed by atoms with van der Waals surface area (Å²) in [6, 6.07) is 16.6. The molecule has 2 rings (SSSR count). The first-order valence-corrected chi connectivity index (χ1v) is 7.13. The van der Waals surface area contributed by atoms with E-state index in [-0.39, 0.29) is 0 Å². The number of hydrogen-bond acceptors (Lipinski definition) is 2. The average Bonchev–Trinajstić information content (AvgIpc) is 2.38. The molecule has 94 valence electrons. The molecule has 0 fully saturated rings. The molecule has 0 radical (unpaired) electrons. The Kier molecular flexibility index (Phi) is 3.64. The van der Waals surface area contributed by atoms with Crippen molar-refractivity contribution in [1.82, 2.24) is 0 Å². The molecule has 4 N–H and O–H groups in total. The second-order valence-corrected chi connectivity index (χ2v) is 5.76. The van der Waals surface area contributed by atoms with E-state index in [1.54, 1.807) is 24.3 Å². The van der Waals surface area contributed by atoms with Gasteiger partial charge >= 0.3 is 7.60 Å². The van der Waals surface area contributed by atoms with E-state index in [1.807, 2.05) is 30.3 Å². The Morgan fingerprint density at radius 1 is 0.889 bits per heavy atom. The normalized spacial score (nSPS) is 13.3. The van der Waals surface area contributed by atoms with Crippen LogP contribution in [-0.4, -0.2) is 9.79 Å². The van der Waals surface area contributed by atoms with Crippen molar-refractivity contribution in [2.75, 3.05) is 0 Å². The van der Waals surface area contributed by atoms with Gasteiger partial charge in [0.05, 0.1) is 0 Å². The number of nitrogens with two attached hydrogens (primary N) is 1. The van der Waals surface area contributed by atoms with Gasteiger partial charge in [-0.1, -0.05) is 54.6 Å². The molecule has 4 nitrogen and oxygen atoms in total. The van der Waals surface area contributed by atoms with Gasteiger partial charge in [0, 0.05) is 0 Å². The molecule has 0 aromatic heterocycles. The van der Waals surface area contributed by atoms with Crippen LogP contribution < -0.4 is 5.73 Å². The summed E-state index contributed by atoms with van der Waals surface area (Å²) in [6.45, 7) is 0. The fraction of sp³-hybridized carbons (Fsp3) is 0.0769. The van der Waals surface area contributed by atoms with Gasteiger partial charge in [-0.05, 0) is 16.7 Å². The molecular weight excluding hydrogens is 249 g/mol. The van der Waals surface area contributed by atoms with Crippen LogP contribution in [0.15, 0.2) is 54.6 Å². The maximum absolute atomic E-state index is 11.1. The second kappa shape index (κ2) is 5.04. The van der Waals surface area contributed by atoms with E-state index in [0.29, 0.717) is 5.56 Å². The van der Waals surface area contributed by atoms with Crippen molar-refractivity contribution >= 4 is 7.60 Å². The van der Waals surface area contributed by atoms with Crippen molar-refractivity contribution in [3.8, 4) is 11.1 Å². The maximum atomic E-state index is 11.1. The summed E-state index contributed by atoms with van der Waals surface area (Å²) in [5, 5.41) is 0. The quantitative estimate of drug-likeness (QED) is 0.743. The van der Waals surface area contributed by atoms with Crippen molar-refractivity contribution in [3.05, 3.63) is 60.2 Å². The first-order valence-electron chi connectivity index (χ1n) is 5.44. The highest BCUT2D eigenvalue weighted by Crippen LogP contribution is 2.48. The molecule has 0 aliphatic rings. The molecule has 5 heteroatoms. The molecule has 0 bridgehead atoms. The Morgan fingerprint density at radius 3 is 1.89 bits per heavy atom. The molecule has 0 heterocycles. The molecular formula is C13H14NO3P. The van der Waals surface area contributed by atoms with Crippen LogP contribution in [0.4, 0.5) is 0 Å². The zero-order valence-electron chi connectivity index (χ0n) is 9.60. The highest BCUT2D eigenvalue weighted by Gasteiger charge is 2.25. The van der Waals surface area contributed by atoms with Crippen molar-refractivity contribution in [2.45, 2.75) is 5.78 Å². The fourth-order valence-electron chi connectivity index (χ4n) is 1.70. The summed E-state index contributed by atoms with van der Waals surface area (Å²) in [4.78, 5) is 18.0. The summed E-state index contributed by atoms with van der Waals surface area (Å²) in [5.74, 6) is -1.26. The fourth-order valence-corrected chi connectivity index (χ4v) is 2.26. The molecule has 0 saturated heterocycles. The molecule has 0 unspecified atom stereocenters. The van der Waals surface area contributed by atoms with E-state index in [4.69, 9.17) is 15.5 Å². The SMILES string of the molecule is N[C@@H](c1ccc(-c2ccccc2)cc1)P(=O)(O)O. The minimum absolute atomic E-state index is 0.433. The topological polar surface area (TPSA) is 83.6 Å². The Hall–Kier alpha value is -1.45. The van der Waals surface area contributed by atoms with E-state index in [9.17, 15) is 4.57 Å². The van der Waals surface area contributed by atoms with Crippen LogP contribution in [0.3, 0.4) is 0 Å². The van der Waals surface area contributed by atoms with E-state index in [2.05, 4.69) is 0 Å². The molecule has 18 heavy (non-hydrogen) atoms. The van der Waals surface area contributed by atoms with Crippen LogP contribution >= 0.6 is 7.60 Å². The van der Waals surface area contributed by atoms with Crippen LogP contribution in [0.5, 0.6) is 0 Å². The number of rotatable bonds is 3. The lowest BCUT2D eigenvalue weighted by Crippen LogP contribution is -2.10. The van der Waals surface area contributed by atoms with E-state index in [0.717, 1.165) is 11.1 Å². The lowest BCUT2D eigenvalue weighted by molar-refractivity contribution is 0.359. The molecule has 0 amide bonds. The Labute approximate surface area is 105 Å². The standard InChI is InChI=1S/C13H14NO3P/c14-13(18(15,16)17)12-8-6-11(7-9-12)10-4-2-1-3-5-10/h1-9,13H,14H2,(H2,15,16,17)/t13-/m1/s1. The third-order valence-electron chi connectivity index (χ3n) is 2.72. The Morgan fingerprint density at radius 2 is 1.39 bits per heavy atom. The average molecular weight is 263 g/mol. The lowest BCUT2D eigenvalue weighted by atomic mass is 10.0. The summed E-state index contributed by atoms with van der Waals surface area (Å²) in [7, 11) is -4.29. The van der Waals surface area contributed by atoms with Gasteiger partial charge in [-0.2, -0.15) is 0 Å². The third-order valence-corrected chi connectivity index (χ3v) is 3.74. The van der Waals surface area contributed by atoms with Gasteiger partial charge in [-0.3, -0.25) is 4.57 Å². The Balaban J connectivity index is 2.29. The largest absolute Gasteiger partial charge is 0.346 e. The van der Waals surface area contributed by atoms with Crippen LogP contribution in [0.2, 0.25) is 0 Å². The van der Waals surface area contributed by atoms with Gasteiger partial charge in [-0.15, -0.1) is 0 Å². The molecule has 1 atom stereocenters. The number of hydrogen-bond donors (Lipinski definition) is 3. The highest BCUT2D eigenvalue weighted by atomic mass is 31.2. The molecule has 0 saturated carbocycles. The summed E-state index contributed by atoms with van der Waals surface area (Å²) < 4.78 is 11.1. The van der Waals surface area contributed by atoms with Crippen LogP contribution in [-0.2, 0) is 4.57 Å².